The second kappa shape index (κ2) is 8.00. The minimum absolute atomic E-state index is 0.0295. The van der Waals surface area contributed by atoms with Gasteiger partial charge in [-0.15, -0.1) is 5.10 Å². The second-order valence-corrected chi connectivity index (χ2v) is 7.47. The van der Waals surface area contributed by atoms with Crippen molar-refractivity contribution >= 4 is 11.6 Å². The lowest BCUT2D eigenvalue weighted by molar-refractivity contribution is 0.0785. The molecule has 2 saturated heterocycles. The Morgan fingerprint density at radius 1 is 1.23 bits per heavy atom. The summed E-state index contributed by atoms with van der Waals surface area (Å²) in [6, 6.07) is 8.73. The molecule has 1 aromatic heterocycles. The Morgan fingerprint density at radius 3 is 2.88 bits per heavy atom. The lowest BCUT2D eigenvalue weighted by Gasteiger charge is -2.41. The Labute approximate surface area is 158 Å². The van der Waals surface area contributed by atoms with Gasteiger partial charge in [-0.1, -0.05) is 23.7 Å². The van der Waals surface area contributed by atoms with E-state index in [-0.39, 0.29) is 6.04 Å². The van der Waals surface area contributed by atoms with Crippen LogP contribution in [0.15, 0.2) is 24.3 Å². The molecule has 0 aliphatic carbocycles. The van der Waals surface area contributed by atoms with Gasteiger partial charge < -0.3 is 4.74 Å². The second-order valence-electron chi connectivity index (χ2n) is 7.03. The van der Waals surface area contributed by atoms with Crippen molar-refractivity contribution in [1.29, 1.82) is 0 Å². The standard InChI is InChI=1S/C18H25ClN6O/c1-26-12-11-25-18(20-21-22-25)17(14-4-6-15(19)7-5-14)24-10-9-23-8-2-3-16(23)13-24/h4-7,16-17H,2-3,8-13H2,1H3/t16-,17+/m1/s1. The van der Waals surface area contributed by atoms with Crippen molar-refractivity contribution in [2.24, 2.45) is 0 Å². The van der Waals surface area contributed by atoms with E-state index in [9.17, 15) is 0 Å². The van der Waals surface area contributed by atoms with Gasteiger partial charge >= 0.3 is 0 Å². The summed E-state index contributed by atoms with van der Waals surface area (Å²) in [5.74, 6) is 0.871. The average molecular weight is 377 g/mol. The van der Waals surface area contributed by atoms with E-state index in [1.807, 2.05) is 16.8 Å². The maximum Gasteiger partial charge on any atom is 0.173 e. The lowest BCUT2D eigenvalue weighted by atomic mass is 10.0. The van der Waals surface area contributed by atoms with E-state index < -0.39 is 0 Å². The predicted molar refractivity (Wildman–Crippen MR) is 99.2 cm³/mol. The van der Waals surface area contributed by atoms with Crippen molar-refractivity contribution < 1.29 is 4.74 Å². The van der Waals surface area contributed by atoms with E-state index in [2.05, 4.69) is 37.5 Å². The van der Waals surface area contributed by atoms with E-state index >= 15 is 0 Å². The van der Waals surface area contributed by atoms with Crippen molar-refractivity contribution in [2.45, 2.75) is 31.5 Å². The van der Waals surface area contributed by atoms with Gasteiger partial charge in [-0.3, -0.25) is 9.80 Å². The molecule has 0 unspecified atom stereocenters. The van der Waals surface area contributed by atoms with Gasteiger partial charge in [-0.2, -0.15) is 0 Å². The predicted octanol–water partition coefficient (Wildman–Crippen LogP) is 1.84. The third-order valence-electron chi connectivity index (χ3n) is 5.48. The number of fused-ring (bicyclic) bond motifs is 1. The zero-order valence-electron chi connectivity index (χ0n) is 15.1. The average Bonchev–Trinajstić information content (AvgIpc) is 3.31. The molecule has 2 fully saturated rings. The zero-order chi connectivity index (χ0) is 17.9. The molecular formula is C18H25ClN6O. The number of piperazine rings is 1. The van der Waals surface area contributed by atoms with Crippen molar-refractivity contribution in [1.82, 2.24) is 30.0 Å². The molecule has 0 N–H and O–H groups in total. The molecule has 0 spiro atoms. The third-order valence-corrected chi connectivity index (χ3v) is 5.73. The Hall–Kier alpha value is -1.54. The highest BCUT2D eigenvalue weighted by Gasteiger charge is 2.36. The maximum atomic E-state index is 6.12. The smallest absolute Gasteiger partial charge is 0.173 e. The number of aromatic nitrogens is 4. The number of methoxy groups -OCH3 is 1. The third kappa shape index (κ3) is 3.62. The van der Waals surface area contributed by atoms with Crippen LogP contribution in [0.2, 0.25) is 5.02 Å². The van der Waals surface area contributed by atoms with Gasteiger partial charge in [0.15, 0.2) is 5.82 Å². The van der Waals surface area contributed by atoms with Gasteiger partial charge in [-0.05, 0) is 47.5 Å². The van der Waals surface area contributed by atoms with Crippen molar-refractivity contribution in [3.8, 4) is 0 Å². The number of nitrogens with zero attached hydrogens (tertiary/aromatic N) is 6. The van der Waals surface area contributed by atoms with Crippen LogP contribution in [0.4, 0.5) is 0 Å². The number of hydrogen-bond donors (Lipinski definition) is 0. The molecule has 140 valence electrons. The zero-order valence-corrected chi connectivity index (χ0v) is 15.8. The van der Waals surface area contributed by atoms with Crippen molar-refractivity contribution in [2.75, 3.05) is 39.9 Å². The van der Waals surface area contributed by atoms with Gasteiger partial charge in [0.05, 0.1) is 19.2 Å². The number of halogens is 1. The fraction of sp³-hybridized carbons (Fsp3) is 0.611. The van der Waals surface area contributed by atoms with Crippen LogP contribution in [0, 0.1) is 0 Å². The molecular weight excluding hydrogens is 352 g/mol. The minimum atomic E-state index is 0.0295. The first kappa shape index (κ1) is 17.9. The Morgan fingerprint density at radius 2 is 2.08 bits per heavy atom. The highest BCUT2D eigenvalue weighted by atomic mass is 35.5. The number of tetrazole rings is 1. The highest BCUT2D eigenvalue weighted by Crippen LogP contribution is 2.32. The normalized spacial score (nSPS) is 22.5. The number of hydrogen-bond acceptors (Lipinski definition) is 6. The summed E-state index contributed by atoms with van der Waals surface area (Å²) in [6.45, 7) is 5.63. The molecule has 2 aliphatic rings. The molecule has 0 saturated carbocycles. The van der Waals surface area contributed by atoms with Crippen LogP contribution in [0.3, 0.4) is 0 Å². The van der Waals surface area contributed by atoms with Gasteiger partial charge in [0.1, 0.15) is 0 Å². The van der Waals surface area contributed by atoms with Crippen LogP contribution in [-0.2, 0) is 11.3 Å². The van der Waals surface area contributed by atoms with E-state index in [1.54, 1.807) is 7.11 Å². The summed E-state index contributed by atoms with van der Waals surface area (Å²) in [5, 5.41) is 13.3. The topological polar surface area (TPSA) is 59.3 Å². The molecule has 8 heteroatoms. The molecule has 2 atom stereocenters. The summed E-state index contributed by atoms with van der Waals surface area (Å²) in [7, 11) is 1.69. The molecule has 0 bridgehead atoms. The molecule has 7 nitrogen and oxygen atoms in total. The van der Waals surface area contributed by atoms with Crippen LogP contribution in [0.1, 0.15) is 30.3 Å². The summed E-state index contributed by atoms with van der Waals surface area (Å²) < 4.78 is 7.08. The van der Waals surface area contributed by atoms with Crippen LogP contribution >= 0.6 is 11.6 Å². The van der Waals surface area contributed by atoms with Crippen LogP contribution < -0.4 is 0 Å². The molecule has 4 rings (SSSR count). The first-order valence-corrected chi connectivity index (χ1v) is 9.62. The number of ether oxygens (including phenoxy) is 1. The fourth-order valence-corrected chi connectivity index (χ4v) is 4.29. The monoisotopic (exact) mass is 376 g/mol. The number of rotatable bonds is 6. The van der Waals surface area contributed by atoms with Crippen LogP contribution in [0.25, 0.3) is 0 Å². The van der Waals surface area contributed by atoms with Gasteiger partial charge in [0.2, 0.25) is 0 Å². The maximum absolute atomic E-state index is 6.12. The summed E-state index contributed by atoms with van der Waals surface area (Å²) in [4.78, 5) is 5.13. The largest absolute Gasteiger partial charge is 0.383 e. The summed E-state index contributed by atoms with van der Waals surface area (Å²) >= 11 is 6.12. The SMILES string of the molecule is COCCn1nnnc1[C@H](c1ccc(Cl)cc1)N1CCN2CCC[C@@H]2C1. The van der Waals surface area contributed by atoms with E-state index in [4.69, 9.17) is 16.3 Å². The van der Waals surface area contributed by atoms with E-state index in [0.717, 1.165) is 30.5 Å². The molecule has 3 heterocycles. The summed E-state index contributed by atoms with van der Waals surface area (Å²) in [5.41, 5.74) is 1.18. The Bertz CT molecular complexity index is 721. The quantitative estimate of drug-likeness (QED) is 0.766. The molecule has 0 radical (unpaired) electrons. The van der Waals surface area contributed by atoms with Gasteiger partial charge in [0.25, 0.3) is 0 Å². The van der Waals surface area contributed by atoms with Crippen LogP contribution in [0.5, 0.6) is 0 Å². The van der Waals surface area contributed by atoms with Crippen LogP contribution in [-0.4, -0.2) is 75.9 Å². The molecule has 0 amide bonds. The van der Waals surface area contributed by atoms with E-state index in [1.165, 1.54) is 24.9 Å². The minimum Gasteiger partial charge on any atom is -0.383 e. The Balaban J connectivity index is 1.66. The molecule has 2 aromatic rings. The first-order valence-electron chi connectivity index (χ1n) is 9.25. The van der Waals surface area contributed by atoms with Gasteiger partial charge in [-0.25, -0.2) is 4.68 Å². The first-order chi connectivity index (χ1) is 12.8. The number of benzene rings is 1. The fourth-order valence-electron chi connectivity index (χ4n) is 4.16. The summed E-state index contributed by atoms with van der Waals surface area (Å²) in [6.07, 6.45) is 2.58. The van der Waals surface area contributed by atoms with Crippen molar-refractivity contribution in [3.05, 3.63) is 40.7 Å². The molecule has 1 aromatic carbocycles. The lowest BCUT2D eigenvalue weighted by Crippen LogP contribution is -2.51. The Kier molecular flexibility index (Phi) is 5.49. The molecule has 2 aliphatic heterocycles. The molecule has 26 heavy (non-hydrogen) atoms. The highest BCUT2D eigenvalue weighted by molar-refractivity contribution is 6.30. The van der Waals surface area contributed by atoms with Crippen molar-refractivity contribution in [3.63, 3.8) is 0 Å². The van der Waals surface area contributed by atoms with E-state index in [0.29, 0.717) is 19.2 Å². The van der Waals surface area contributed by atoms with Gasteiger partial charge in [0, 0.05) is 37.8 Å².